The molecular weight excluding hydrogens is 444 g/mol. The van der Waals surface area contributed by atoms with Crippen LogP contribution < -0.4 is 0 Å². The van der Waals surface area contributed by atoms with Gasteiger partial charge in [0.25, 0.3) is 0 Å². The predicted octanol–water partition coefficient (Wildman–Crippen LogP) is 4.09. The van der Waals surface area contributed by atoms with Crippen LogP contribution in [0.3, 0.4) is 0 Å². The van der Waals surface area contributed by atoms with Crippen LogP contribution in [-0.2, 0) is 43.4 Å². The number of carbonyl (C=O) groups is 1. The van der Waals surface area contributed by atoms with Gasteiger partial charge in [0, 0.05) is 6.61 Å². The molecule has 4 rings (SSSR count). The van der Waals surface area contributed by atoms with Crippen molar-refractivity contribution in [3.8, 4) is 0 Å². The number of rotatable bonds is 11. The highest BCUT2D eigenvalue weighted by Crippen LogP contribution is 2.25. The Kier molecular flexibility index (Phi) is 9.43. The van der Waals surface area contributed by atoms with Gasteiger partial charge in [-0.2, -0.15) is 0 Å². The van der Waals surface area contributed by atoms with E-state index in [0.29, 0.717) is 6.61 Å². The van der Waals surface area contributed by atoms with E-state index in [1.165, 1.54) is 5.56 Å². The Morgan fingerprint density at radius 2 is 1.34 bits per heavy atom. The number of ether oxygens (including phenoxy) is 4. The lowest BCUT2D eigenvalue weighted by molar-refractivity contribution is -0.230. The molecule has 1 heterocycles. The molecule has 1 aliphatic rings. The number of aliphatic hydroxyl groups excluding tert-OH is 1. The lowest BCUT2D eigenvalue weighted by Crippen LogP contribution is -2.58. The average Bonchev–Trinajstić information content (AvgIpc) is 2.91. The number of hydrogen-bond acceptors (Lipinski definition) is 6. The third-order valence-corrected chi connectivity index (χ3v) is 5.95. The summed E-state index contributed by atoms with van der Waals surface area (Å²) in [4.78, 5) is 13.0. The second-order valence-electron chi connectivity index (χ2n) is 8.60. The maximum Gasteiger partial charge on any atom is 0.338 e. The summed E-state index contributed by atoms with van der Waals surface area (Å²) in [7, 11) is 0. The number of aliphatic hydroxyl groups is 1. The minimum absolute atomic E-state index is 0.0333. The van der Waals surface area contributed by atoms with Gasteiger partial charge in [-0.3, -0.25) is 0 Å². The van der Waals surface area contributed by atoms with E-state index in [1.807, 2.05) is 78.9 Å². The van der Waals surface area contributed by atoms with E-state index >= 15 is 0 Å². The van der Waals surface area contributed by atoms with Crippen LogP contribution in [-0.4, -0.2) is 48.7 Å². The first-order chi connectivity index (χ1) is 17.2. The van der Waals surface area contributed by atoms with Crippen molar-refractivity contribution >= 4 is 5.97 Å². The molecule has 184 valence electrons. The Balaban J connectivity index is 1.41. The van der Waals surface area contributed by atoms with Crippen LogP contribution in [0.4, 0.5) is 0 Å². The summed E-state index contributed by atoms with van der Waals surface area (Å²) in [6, 6.07) is 29.3. The van der Waals surface area contributed by atoms with Gasteiger partial charge in [-0.25, -0.2) is 4.79 Å². The topological polar surface area (TPSA) is 74.2 Å². The molecule has 0 amide bonds. The molecule has 0 aromatic heterocycles. The molecule has 3 aromatic rings. The van der Waals surface area contributed by atoms with E-state index in [-0.39, 0.29) is 19.8 Å². The summed E-state index contributed by atoms with van der Waals surface area (Å²) >= 11 is 0. The van der Waals surface area contributed by atoms with E-state index in [0.717, 1.165) is 24.0 Å². The van der Waals surface area contributed by atoms with Crippen LogP contribution in [0.15, 0.2) is 91.0 Å². The molecule has 0 radical (unpaired) electrons. The number of hydrogen-bond donors (Lipinski definition) is 1. The fraction of sp³-hybridized carbons (Fsp3) is 0.345. The van der Waals surface area contributed by atoms with E-state index < -0.39 is 30.4 Å². The fourth-order valence-electron chi connectivity index (χ4n) is 4.09. The van der Waals surface area contributed by atoms with Crippen molar-refractivity contribution in [2.45, 2.75) is 50.5 Å². The summed E-state index contributed by atoms with van der Waals surface area (Å²) < 4.78 is 23.5. The zero-order chi connectivity index (χ0) is 24.3. The van der Waals surface area contributed by atoms with Crippen molar-refractivity contribution < 1.29 is 28.8 Å². The maximum atomic E-state index is 13.0. The molecule has 0 aliphatic carbocycles. The molecule has 35 heavy (non-hydrogen) atoms. The normalized spacial score (nSPS) is 22.0. The van der Waals surface area contributed by atoms with Crippen molar-refractivity contribution in [3.05, 3.63) is 108 Å². The Bertz CT molecular complexity index is 1010. The Morgan fingerprint density at radius 3 is 1.97 bits per heavy atom. The van der Waals surface area contributed by atoms with Gasteiger partial charge >= 0.3 is 5.97 Å². The second-order valence-corrected chi connectivity index (χ2v) is 8.60. The lowest BCUT2D eigenvalue weighted by Gasteiger charge is -2.39. The third-order valence-electron chi connectivity index (χ3n) is 5.95. The standard InChI is InChI=1S/C29H32O6/c30-25-21-34-28(29(31)35-20-24-15-8-3-9-16-24)27(26(25)33-19-23-13-6-2-7-14-23)32-18-10-17-22-11-4-1-5-12-22/h1-9,11-16,25-28,30H,10,17-21H2/t25?,26-,27-,28?/m0/s1. The highest BCUT2D eigenvalue weighted by Gasteiger charge is 2.45. The van der Waals surface area contributed by atoms with Crippen LogP contribution >= 0.6 is 0 Å². The van der Waals surface area contributed by atoms with Crippen LogP contribution in [0.5, 0.6) is 0 Å². The number of carbonyl (C=O) groups excluding carboxylic acids is 1. The molecule has 6 heteroatoms. The van der Waals surface area contributed by atoms with Gasteiger partial charge in [0.15, 0.2) is 6.10 Å². The molecule has 1 N–H and O–H groups in total. The van der Waals surface area contributed by atoms with Crippen molar-refractivity contribution in [1.29, 1.82) is 0 Å². The van der Waals surface area contributed by atoms with Crippen LogP contribution in [0, 0.1) is 0 Å². The third kappa shape index (κ3) is 7.47. The molecule has 0 saturated carbocycles. The van der Waals surface area contributed by atoms with Gasteiger partial charge in [-0.05, 0) is 29.5 Å². The van der Waals surface area contributed by atoms with Gasteiger partial charge in [0.2, 0.25) is 0 Å². The van der Waals surface area contributed by atoms with Crippen molar-refractivity contribution in [2.24, 2.45) is 0 Å². The minimum Gasteiger partial charge on any atom is -0.459 e. The molecule has 2 unspecified atom stereocenters. The molecular formula is C29H32O6. The molecule has 1 aliphatic heterocycles. The van der Waals surface area contributed by atoms with Crippen LogP contribution in [0.2, 0.25) is 0 Å². The minimum atomic E-state index is -0.986. The summed E-state index contributed by atoms with van der Waals surface area (Å²) in [5.74, 6) is -0.526. The molecule has 1 fully saturated rings. The summed E-state index contributed by atoms with van der Waals surface area (Å²) in [5, 5.41) is 10.7. The monoisotopic (exact) mass is 476 g/mol. The zero-order valence-electron chi connectivity index (χ0n) is 19.7. The Hall–Kier alpha value is -3.03. The quantitative estimate of drug-likeness (QED) is 0.332. The highest BCUT2D eigenvalue weighted by atomic mass is 16.6. The van der Waals surface area contributed by atoms with Crippen LogP contribution in [0.1, 0.15) is 23.1 Å². The smallest absolute Gasteiger partial charge is 0.338 e. The summed E-state index contributed by atoms with van der Waals surface area (Å²) in [6.45, 7) is 0.786. The van der Waals surface area contributed by atoms with Gasteiger partial charge in [0.1, 0.15) is 24.9 Å². The molecule has 0 spiro atoms. The van der Waals surface area contributed by atoms with Crippen LogP contribution in [0.25, 0.3) is 0 Å². The van der Waals surface area contributed by atoms with E-state index in [1.54, 1.807) is 0 Å². The number of esters is 1. The van der Waals surface area contributed by atoms with Crippen molar-refractivity contribution in [2.75, 3.05) is 13.2 Å². The number of aryl methyl sites for hydroxylation is 1. The molecule has 1 saturated heterocycles. The van der Waals surface area contributed by atoms with E-state index in [4.69, 9.17) is 18.9 Å². The van der Waals surface area contributed by atoms with Gasteiger partial charge < -0.3 is 24.1 Å². The van der Waals surface area contributed by atoms with E-state index in [2.05, 4.69) is 12.1 Å². The largest absolute Gasteiger partial charge is 0.459 e. The Labute approximate surface area is 206 Å². The highest BCUT2D eigenvalue weighted by molar-refractivity contribution is 5.75. The SMILES string of the molecule is O=C(OCc1ccccc1)C1OCC(O)[C@H](OCc2ccccc2)[C@@H]1OCCCc1ccccc1. The molecule has 3 aromatic carbocycles. The first-order valence-corrected chi connectivity index (χ1v) is 12.0. The predicted molar refractivity (Wildman–Crippen MR) is 132 cm³/mol. The molecule has 6 nitrogen and oxygen atoms in total. The molecule has 0 bridgehead atoms. The first-order valence-electron chi connectivity index (χ1n) is 12.0. The Morgan fingerprint density at radius 1 is 0.771 bits per heavy atom. The lowest BCUT2D eigenvalue weighted by atomic mass is 9.99. The molecule has 4 atom stereocenters. The maximum absolute atomic E-state index is 13.0. The first kappa shape index (κ1) is 25.1. The van der Waals surface area contributed by atoms with Crippen molar-refractivity contribution in [3.63, 3.8) is 0 Å². The summed E-state index contributed by atoms with van der Waals surface area (Å²) in [5.41, 5.74) is 3.07. The van der Waals surface area contributed by atoms with Gasteiger partial charge in [0.05, 0.1) is 13.2 Å². The van der Waals surface area contributed by atoms with Gasteiger partial charge in [-0.15, -0.1) is 0 Å². The average molecular weight is 477 g/mol. The van der Waals surface area contributed by atoms with Gasteiger partial charge in [-0.1, -0.05) is 91.0 Å². The zero-order valence-corrected chi connectivity index (χ0v) is 19.7. The second kappa shape index (κ2) is 13.2. The van der Waals surface area contributed by atoms with E-state index in [9.17, 15) is 9.90 Å². The number of benzene rings is 3. The fourth-order valence-corrected chi connectivity index (χ4v) is 4.09. The summed E-state index contributed by atoms with van der Waals surface area (Å²) in [6.07, 6.45) is -1.82. The van der Waals surface area contributed by atoms with Crippen molar-refractivity contribution in [1.82, 2.24) is 0 Å².